The molecule has 1 saturated carbocycles. The zero-order valence-electron chi connectivity index (χ0n) is 8.18. The molecule has 1 fully saturated rings. The van der Waals surface area contributed by atoms with E-state index < -0.39 is 0 Å². The molecule has 0 aromatic heterocycles. The van der Waals surface area contributed by atoms with E-state index in [1.54, 1.807) is 0 Å². The summed E-state index contributed by atoms with van der Waals surface area (Å²) in [4.78, 5) is 0. The Kier molecular flexibility index (Phi) is 4.62. The summed E-state index contributed by atoms with van der Waals surface area (Å²) in [5.74, 6) is 1.07. The first-order valence-electron chi connectivity index (χ1n) is 5.30. The monoisotopic (exact) mass is 170 g/mol. The maximum atomic E-state index is 5.58. The Morgan fingerprint density at radius 2 is 2.25 bits per heavy atom. The van der Waals surface area contributed by atoms with Crippen molar-refractivity contribution in [3.05, 3.63) is 0 Å². The van der Waals surface area contributed by atoms with Crippen LogP contribution in [0.5, 0.6) is 0 Å². The van der Waals surface area contributed by atoms with E-state index in [9.17, 15) is 0 Å². The third kappa shape index (κ3) is 4.07. The lowest BCUT2D eigenvalue weighted by molar-refractivity contribution is 0.485. The Morgan fingerprint density at radius 3 is 2.75 bits per heavy atom. The molecule has 12 heavy (non-hydrogen) atoms. The van der Waals surface area contributed by atoms with Crippen LogP contribution in [0.2, 0.25) is 0 Å². The average Bonchev–Trinajstić information content (AvgIpc) is 2.89. The van der Waals surface area contributed by atoms with Gasteiger partial charge in [0, 0.05) is 12.6 Å². The van der Waals surface area contributed by atoms with Crippen LogP contribution in [0.3, 0.4) is 0 Å². The van der Waals surface area contributed by atoms with Crippen LogP contribution in [0, 0.1) is 5.92 Å². The first-order valence-corrected chi connectivity index (χ1v) is 5.30. The summed E-state index contributed by atoms with van der Waals surface area (Å²) < 4.78 is 0. The number of rotatable bonds is 7. The van der Waals surface area contributed by atoms with Gasteiger partial charge in [0.15, 0.2) is 0 Å². The van der Waals surface area contributed by atoms with Crippen LogP contribution in [-0.2, 0) is 0 Å². The molecule has 0 aromatic carbocycles. The van der Waals surface area contributed by atoms with Gasteiger partial charge < -0.3 is 11.1 Å². The molecule has 0 amide bonds. The average molecular weight is 170 g/mol. The highest BCUT2D eigenvalue weighted by Crippen LogP contribution is 2.33. The summed E-state index contributed by atoms with van der Waals surface area (Å²) in [6, 6.07) is 0.546. The van der Waals surface area contributed by atoms with E-state index in [-0.39, 0.29) is 0 Å². The highest BCUT2D eigenvalue weighted by molar-refractivity contribution is 4.73. The largest absolute Gasteiger partial charge is 0.329 e. The van der Waals surface area contributed by atoms with Crippen LogP contribution in [-0.4, -0.2) is 19.1 Å². The molecule has 3 N–H and O–H groups in total. The zero-order chi connectivity index (χ0) is 8.81. The minimum Gasteiger partial charge on any atom is -0.329 e. The molecule has 1 rings (SSSR count). The number of hydrogen-bond acceptors (Lipinski definition) is 2. The quantitative estimate of drug-likeness (QED) is 0.568. The van der Waals surface area contributed by atoms with Crippen molar-refractivity contribution in [3.63, 3.8) is 0 Å². The molecule has 2 nitrogen and oxygen atoms in total. The smallest absolute Gasteiger partial charge is 0.0187 e. The van der Waals surface area contributed by atoms with E-state index >= 15 is 0 Å². The lowest BCUT2D eigenvalue weighted by atomic mass is 10.2. The highest BCUT2D eigenvalue weighted by Gasteiger charge is 2.19. The Hall–Kier alpha value is -0.0800. The predicted octanol–water partition coefficient (Wildman–Crippen LogP) is 1.50. The molecule has 0 bridgehead atoms. The maximum absolute atomic E-state index is 5.58. The molecule has 0 aromatic rings. The molecule has 1 aliphatic rings. The molecule has 0 aliphatic heterocycles. The molecule has 0 radical (unpaired) electrons. The second-order valence-corrected chi connectivity index (χ2v) is 3.88. The van der Waals surface area contributed by atoms with Gasteiger partial charge in [-0.2, -0.15) is 0 Å². The number of nitrogens with one attached hydrogen (secondary N) is 1. The third-order valence-corrected chi connectivity index (χ3v) is 2.70. The number of nitrogens with two attached hydrogens (primary N) is 1. The van der Waals surface area contributed by atoms with E-state index in [0.717, 1.165) is 25.4 Å². The molecule has 0 heterocycles. The van der Waals surface area contributed by atoms with Crippen LogP contribution >= 0.6 is 0 Å². The van der Waals surface area contributed by atoms with Crippen molar-refractivity contribution in [2.75, 3.05) is 13.1 Å². The minimum atomic E-state index is 0.546. The molecule has 2 heteroatoms. The second-order valence-electron chi connectivity index (χ2n) is 3.88. The van der Waals surface area contributed by atoms with Gasteiger partial charge in [-0.05, 0) is 31.7 Å². The maximum Gasteiger partial charge on any atom is 0.0187 e. The van der Waals surface area contributed by atoms with Crippen LogP contribution in [0.25, 0.3) is 0 Å². The van der Waals surface area contributed by atoms with E-state index in [1.165, 1.54) is 25.7 Å². The number of hydrogen-bond donors (Lipinski definition) is 2. The molecule has 1 unspecified atom stereocenters. The summed E-state index contributed by atoms with van der Waals surface area (Å²) in [7, 11) is 0. The zero-order valence-corrected chi connectivity index (χ0v) is 8.18. The standard InChI is InChI=1S/C10H22N2/c1-2-10(8-11)12-7-3-4-9-5-6-9/h9-10,12H,2-8,11H2,1H3. The van der Waals surface area contributed by atoms with E-state index in [1.807, 2.05) is 0 Å². The molecule has 72 valence electrons. The summed E-state index contributed by atoms with van der Waals surface area (Å²) in [5.41, 5.74) is 5.58. The Balaban J connectivity index is 1.85. The fraction of sp³-hybridized carbons (Fsp3) is 1.00. The predicted molar refractivity (Wildman–Crippen MR) is 53.1 cm³/mol. The molecular weight excluding hydrogens is 148 g/mol. The van der Waals surface area contributed by atoms with Crippen molar-refractivity contribution in [2.24, 2.45) is 11.7 Å². The van der Waals surface area contributed by atoms with Gasteiger partial charge in [-0.15, -0.1) is 0 Å². The van der Waals surface area contributed by atoms with Gasteiger partial charge in [0.05, 0.1) is 0 Å². The summed E-state index contributed by atoms with van der Waals surface area (Å²) in [6.45, 7) is 4.12. The van der Waals surface area contributed by atoms with Crippen molar-refractivity contribution in [1.82, 2.24) is 5.32 Å². The summed E-state index contributed by atoms with van der Waals surface area (Å²) in [5, 5.41) is 3.48. The van der Waals surface area contributed by atoms with Gasteiger partial charge in [-0.3, -0.25) is 0 Å². The molecule has 1 aliphatic carbocycles. The Bertz CT molecular complexity index is 106. The minimum absolute atomic E-state index is 0.546. The van der Waals surface area contributed by atoms with Crippen molar-refractivity contribution < 1.29 is 0 Å². The Labute approximate surface area is 75.9 Å². The SMILES string of the molecule is CCC(CN)NCCCC1CC1. The fourth-order valence-electron chi connectivity index (χ4n) is 1.50. The van der Waals surface area contributed by atoms with Crippen molar-refractivity contribution >= 4 is 0 Å². The molecule has 0 saturated heterocycles. The Morgan fingerprint density at radius 1 is 1.50 bits per heavy atom. The van der Waals surface area contributed by atoms with Crippen LogP contribution in [0.15, 0.2) is 0 Å². The second kappa shape index (κ2) is 5.55. The van der Waals surface area contributed by atoms with Crippen LogP contribution in [0.1, 0.15) is 39.0 Å². The lowest BCUT2D eigenvalue weighted by Crippen LogP contribution is -2.35. The van der Waals surface area contributed by atoms with Gasteiger partial charge >= 0.3 is 0 Å². The normalized spacial score (nSPS) is 19.5. The first-order chi connectivity index (χ1) is 5.86. The lowest BCUT2D eigenvalue weighted by Gasteiger charge is -2.13. The molecule has 0 spiro atoms. The third-order valence-electron chi connectivity index (χ3n) is 2.70. The van der Waals surface area contributed by atoms with Crippen LogP contribution < -0.4 is 11.1 Å². The van der Waals surface area contributed by atoms with E-state index in [2.05, 4.69) is 12.2 Å². The van der Waals surface area contributed by atoms with E-state index in [4.69, 9.17) is 5.73 Å². The summed E-state index contributed by atoms with van der Waals surface area (Å²) in [6.07, 6.45) is 6.87. The fourth-order valence-corrected chi connectivity index (χ4v) is 1.50. The van der Waals surface area contributed by atoms with Crippen molar-refractivity contribution in [3.8, 4) is 0 Å². The first kappa shape index (κ1) is 10.0. The van der Waals surface area contributed by atoms with Gasteiger partial charge in [-0.1, -0.05) is 19.8 Å². The highest BCUT2D eigenvalue weighted by atomic mass is 14.9. The van der Waals surface area contributed by atoms with Gasteiger partial charge in [0.1, 0.15) is 0 Å². The van der Waals surface area contributed by atoms with E-state index in [0.29, 0.717) is 6.04 Å². The summed E-state index contributed by atoms with van der Waals surface area (Å²) >= 11 is 0. The topological polar surface area (TPSA) is 38.0 Å². The van der Waals surface area contributed by atoms with Gasteiger partial charge in [0.2, 0.25) is 0 Å². The van der Waals surface area contributed by atoms with Crippen molar-refractivity contribution in [2.45, 2.75) is 45.1 Å². The molecule has 1 atom stereocenters. The van der Waals surface area contributed by atoms with Crippen LogP contribution in [0.4, 0.5) is 0 Å². The van der Waals surface area contributed by atoms with Gasteiger partial charge in [-0.25, -0.2) is 0 Å². The van der Waals surface area contributed by atoms with Crippen molar-refractivity contribution in [1.29, 1.82) is 0 Å². The van der Waals surface area contributed by atoms with Gasteiger partial charge in [0.25, 0.3) is 0 Å². The molecular formula is C10H22N2.